The summed E-state index contributed by atoms with van der Waals surface area (Å²) in [7, 11) is 0. The highest BCUT2D eigenvalue weighted by molar-refractivity contribution is 5.11. The van der Waals surface area contributed by atoms with E-state index in [1.54, 1.807) is 0 Å². The van der Waals surface area contributed by atoms with Gasteiger partial charge in [-0.05, 0) is 31.6 Å². The SMILES string of the molecule is C=CC([C](C)C)C(C)C(C)=CC. The molecule has 0 bridgehead atoms. The van der Waals surface area contributed by atoms with Crippen molar-refractivity contribution in [3.05, 3.63) is 30.2 Å². The van der Waals surface area contributed by atoms with Crippen LogP contribution in [0.3, 0.4) is 0 Å². The van der Waals surface area contributed by atoms with E-state index in [0.29, 0.717) is 11.8 Å². The summed E-state index contributed by atoms with van der Waals surface area (Å²) >= 11 is 0. The lowest BCUT2D eigenvalue weighted by atomic mass is 9.81. The van der Waals surface area contributed by atoms with Crippen LogP contribution in [0.1, 0.15) is 34.6 Å². The summed E-state index contributed by atoms with van der Waals surface area (Å²) in [4.78, 5) is 0. The molecule has 0 rings (SSSR count). The molecule has 0 spiro atoms. The summed E-state index contributed by atoms with van der Waals surface area (Å²) in [5.74, 6) is 2.57. The Kier molecular flexibility index (Phi) is 4.96. The molecular formula is C12H21. The van der Waals surface area contributed by atoms with Crippen molar-refractivity contribution in [3.63, 3.8) is 0 Å². The lowest BCUT2D eigenvalue weighted by molar-refractivity contribution is 0.504. The topological polar surface area (TPSA) is 0 Å². The summed E-state index contributed by atoms with van der Waals surface area (Å²) in [6, 6.07) is 0. The van der Waals surface area contributed by atoms with Gasteiger partial charge in [-0.15, -0.1) is 6.58 Å². The fraction of sp³-hybridized carbons (Fsp3) is 0.583. The quantitative estimate of drug-likeness (QED) is 0.552. The van der Waals surface area contributed by atoms with E-state index < -0.39 is 0 Å². The molecule has 0 heterocycles. The lowest BCUT2D eigenvalue weighted by Gasteiger charge is -2.24. The van der Waals surface area contributed by atoms with Gasteiger partial charge in [0.15, 0.2) is 0 Å². The Bertz CT molecular complexity index is 163. The molecule has 0 saturated carbocycles. The largest absolute Gasteiger partial charge is 0.103 e. The molecule has 0 fully saturated rings. The van der Waals surface area contributed by atoms with Crippen molar-refractivity contribution in [1.29, 1.82) is 0 Å². The Labute approximate surface area is 77.4 Å². The van der Waals surface area contributed by atoms with Gasteiger partial charge in [-0.25, -0.2) is 0 Å². The normalized spacial score (nSPS) is 17.7. The van der Waals surface area contributed by atoms with Gasteiger partial charge in [-0.2, -0.15) is 0 Å². The predicted molar refractivity (Wildman–Crippen MR) is 56.9 cm³/mol. The van der Waals surface area contributed by atoms with E-state index in [-0.39, 0.29) is 0 Å². The second-order valence-electron chi connectivity index (χ2n) is 3.66. The fourth-order valence-electron chi connectivity index (χ4n) is 1.49. The average Bonchev–Trinajstić information content (AvgIpc) is 2.03. The smallest absolute Gasteiger partial charge is 0.0117 e. The Morgan fingerprint density at radius 3 is 2.00 bits per heavy atom. The Balaban J connectivity index is 4.41. The maximum absolute atomic E-state index is 3.87. The van der Waals surface area contributed by atoms with Gasteiger partial charge in [0.2, 0.25) is 0 Å². The van der Waals surface area contributed by atoms with Gasteiger partial charge >= 0.3 is 0 Å². The molecular weight excluding hydrogens is 144 g/mol. The van der Waals surface area contributed by atoms with Gasteiger partial charge in [-0.1, -0.05) is 38.5 Å². The van der Waals surface area contributed by atoms with Crippen LogP contribution in [0.4, 0.5) is 0 Å². The number of hydrogen-bond acceptors (Lipinski definition) is 0. The molecule has 0 amide bonds. The lowest BCUT2D eigenvalue weighted by Crippen LogP contribution is -2.14. The molecule has 0 aliphatic heterocycles. The van der Waals surface area contributed by atoms with Crippen molar-refractivity contribution in [2.75, 3.05) is 0 Å². The highest BCUT2D eigenvalue weighted by Gasteiger charge is 2.18. The van der Waals surface area contributed by atoms with Crippen molar-refractivity contribution >= 4 is 0 Å². The minimum atomic E-state index is 0.529. The summed E-state index contributed by atoms with van der Waals surface area (Å²) in [5, 5.41) is 0. The molecule has 2 atom stereocenters. The third-order valence-electron chi connectivity index (χ3n) is 2.63. The zero-order chi connectivity index (χ0) is 9.72. The van der Waals surface area contributed by atoms with Crippen LogP contribution in [-0.4, -0.2) is 0 Å². The van der Waals surface area contributed by atoms with E-state index in [1.807, 2.05) is 6.08 Å². The molecule has 0 saturated heterocycles. The van der Waals surface area contributed by atoms with E-state index in [2.05, 4.69) is 47.3 Å². The van der Waals surface area contributed by atoms with Crippen molar-refractivity contribution in [2.24, 2.45) is 11.8 Å². The molecule has 0 aliphatic rings. The van der Waals surface area contributed by atoms with Gasteiger partial charge in [0.1, 0.15) is 0 Å². The van der Waals surface area contributed by atoms with Crippen molar-refractivity contribution in [2.45, 2.75) is 34.6 Å². The summed E-state index contributed by atoms with van der Waals surface area (Å²) in [5.41, 5.74) is 1.45. The molecule has 0 aromatic heterocycles. The maximum atomic E-state index is 3.87. The number of rotatable bonds is 4. The zero-order valence-corrected chi connectivity index (χ0v) is 9.02. The molecule has 0 heteroatoms. The highest BCUT2D eigenvalue weighted by atomic mass is 14.2. The number of allylic oxidation sites excluding steroid dienone is 3. The summed E-state index contributed by atoms with van der Waals surface area (Å²) in [6.07, 6.45) is 4.23. The van der Waals surface area contributed by atoms with E-state index in [0.717, 1.165) is 0 Å². The van der Waals surface area contributed by atoms with Gasteiger partial charge in [0, 0.05) is 0 Å². The average molecular weight is 165 g/mol. The van der Waals surface area contributed by atoms with Crippen LogP contribution in [-0.2, 0) is 0 Å². The molecule has 0 nitrogen and oxygen atoms in total. The second-order valence-corrected chi connectivity index (χ2v) is 3.66. The minimum absolute atomic E-state index is 0.529. The standard InChI is InChI=1S/C12H21/c1-7-10(5)11(6)12(8-2)9(3)4/h7-8,11-12H,2H2,1,3-6H3. The van der Waals surface area contributed by atoms with E-state index >= 15 is 0 Å². The van der Waals surface area contributed by atoms with Crippen LogP contribution in [0.2, 0.25) is 0 Å². The first-order valence-corrected chi connectivity index (χ1v) is 4.60. The first-order valence-electron chi connectivity index (χ1n) is 4.60. The third-order valence-corrected chi connectivity index (χ3v) is 2.63. The Morgan fingerprint density at radius 2 is 1.75 bits per heavy atom. The predicted octanol–water partition coefficient (Wildman–Crippen LogP) is 4.01. The fourth-order valence-corrected chi connectivity index (χ4v) is 1.49. The van der Waals surface area contributed by atoms with Crippen LogP contribution >= 0.6 is 0 Å². The monoisotopic (exact) mass is 165 g/mol. The van der Waals surface area contributed by atoms with Crippen molar-refractivity contribution in [1.82, 2.24) is 0 Å². The Morgan fingerprint density at radius 1 is 1.25 bits per heavy atom. The van der Waals surface area contributed by atoms with Gasteiger partial charge in [0.05, 0.1) is 0 Å². The molecule has 0 aliphatic carbocycles. The number of hydrogen-bond donors (Lipinski definition) is 0. The van der Waals surface area contributed by atoms with E-state index in [9.17, 15) is 0 Å². The van der Waals surface area contributed by atoms with Crippen LogP contribution in [0.25, 0.3) is 0 Å². The molecule has 0 aromatic rings. The summed E-state index contributed by atoms with van der Waals surface area (Å²) in [6.45, 7) is 14.8. The molecule has 0 N–H and O–H groups in total. The third kappa shape index (κ3) is 2.84. The summed E-state index contributed by atoms with van der Waals surface area (Å²) < 4.78 is 0. The van der Waals surface area contributed by atoms with Crippen LogP contribution < -0.4 is 0 Å². The van der Waals surface area contributed by atoms with Crippen LogP contribution in [0.15, 0.2) is 24.3 Å². The van der Waals surface area contributed by atoms with Gasteiger partial charge in [0.25, 0.3) is 0 Å². The highest BCUT2D eigenvalue weighted by Crippen LogP contribution is 2.28. The minimum Gasteiger partial charge on any atom is -0.103 e. The van der Waals surface area contributed by atoms with E-state index in [1.165, 1.54) is 11.5 Å². The van der Waals surface area contributed by atoms with E-state index in [4.69, 9.17) is 0 Å². The van der Waals surface area contributed by atoms with Gasteiger partial charge in [-0.3, -0.25) is 0 Å². The molecule has 69 valence electrons. The first-order chi connectivity index (χ1) is 5.54. The zero-order valence-electron chi connectivity index (χ0n) is 9.02. The van der Waals surface area contributed by atoms with Crippen LogP contribution in [0.5, 0.6) is 0 Å². The van der Waals surface area contributed by atoms with Gasteiger partial charge < -0.3 is 0 Å². The molecule has 0 aromatic carbocycles. The molecule has 12 heavy (non-hydrogen) atoms. The Hall–Kier alpha value is -0.520. The molecule has 2 unspecified atom stereocenters. The van der Waals surface area contributed by atoms with Crippen molar-refractivity contribution < 1.29 is 0 Å². The molecule has 1 radical (unpaired) electrons. The van der Waals surface area contributed by atoms with Crippen LogP contribution in [0, 0.1) is 17.8 Å². The first kappa shape index (κ1) is 11.5. The van der Waals surface area contributed by atoms with Crippen molar-refractivity contribution in [3.8, 4) is 0 Å². The maximum Gasteiger partial charge on any atom is -0.0117 e. The second kappa shape index (κ2) is 5.18.